The summed E-state index contributed by atoms with van der Waals surface area (Å²) in [5.74, 6) is 0.0144. The maximum Gasteiger partial charge on any atom is 0.247 e. The summed E-state index contributed by atoms with van der Waals surface area (Å²) in [7, 11) is 0. The highest BCUT2D eigenvalue weighted by Crippen LogP contribution is 2.28. The van der Waals surface area contributed by atoms with Gasteiger partial charge in [-0.2, -0.15) is 0 Å². The van der Waals surface area contributed by atoms with Crippen LogP contribution in [0.5, 0.6) is 0 Å². The average Bonchev–Trinajstić information content (AvgIpc) is 2.99. The molecule has 2 saturated heterocycles. The topological polar surface area (TPSA) is 58.6 Å². The van der Waals surface area contributed by atoms with Gasteiger partial charge in [0.15, 0.2) is 0 Å². The molecule has 5 nitrogen and oxygen atoms in total. The van der Waals surface area contributed by atoms with Crippen LogP contribution in [0.4, 0.5) is 0 Å². The van der Waals surface area contributed by atoms with Crippen molar-refractivity contribution >= 4 is 11.8 Å². The predicted molar refractivity (Wildman–Crippen MR) is 74.1 cm³/mol. The maximum atomic E-state index is 12.5. The summed E-state index contributed by atoms with van der Waals surface area (Å²) in [4.78, 5) is 26.1. The van der Waals surface area contributed by atoms with E-state index in [0.29, 0.717) is 12.5 Å². The molecule has 1 N–H and O–H groups in total. The van der Waals surface area contributed by atoms with Gasteiger partial charge in [-0.3, -0.25) is 14.5 Å². The van der Waals surface area contributed by atoms with Gasteiger partial charge in [-0.25, -0.2) is 0 Å². The van der Waals surface area contributed by atoms with Gasteiger partial charge in [0.25, 0.3) is 0 Å². The second-order valence-electron chi connectivity index (χ2n) is 6.37. The van der Waals surface area contributed by atoms with Gasteiger partial charge in [0.05, 0.1) is 18.6 Å². The largest absolute Gasteiger partial charge is 0.378 e. The second-order valence-corrected chi connectivity index (χ2v) is 6.37. The van der Waals surface area contributed by atoms with Gasteiger partial charge in [0, 0.05) is 18.7 Å². The summed E-state index contributed by atoms with van der Waals surface area (Å²) < 4.78 is 5.52. The van der Waals surface area contributed by atoms with Gasteiger partial charge in [-0.1, -0.05) is 12.8 Å². The van der Waals surface area contributed by atoms with E-state index in [1.165, 1.54) is 0 Å². The van der Waals surface area contributed by atoms with Gasteiger partial charge in [0.2, 0.25) is 11.8 Å². The lowest BCUT2D eigenvalue weighted by Gasteiger charge is -2.30. The van der Waals surface area contributed by atoms with Crippen LogP contribution in [-0.2, 0) is 14.3 Å². The minimum Gasteiger partial charge on any atom is -0.378 e. The highest BCUT2D eigenvalue weighted by atomic mass is 16.5. The maximum absolute atomic E-state index is 12.5. The van der Waals surface area contributed by atoms with E-state index < -0.39 is 0 Å². The molecule has 3 fully saturated rings. The third-order valence-electron chi connectivity index (χ3n) is 4.79. The van der Waals surface area contributed by atoms with Crippen molar-refractivity contribution in [2.75, 3.05) is 6.61 Å². The SMILES string of the molecule is CC1CC(NC2CC(=O)N(C3CCCC3)C2=O)CCO1. The van der Waals surface area contributed by atoms with Crippen molar-refractivity contribution in [1.82, 2.24) is 10.2 Å². The number of carbonyl (C=O) groups excluding carboxylic acids is 2. The predicted octanol–water partition coefficient (Wildman–Crippen LogP) is 1.21. The van der Waals surface area contributed by atoms with E-state index in [1.54, 1.807) is 4.90 Å². The van der Waals surface area contributed by atoms with Crippen LogP contribution >= 0.6 is 0 Å². The van der Waals surface area contributed by atoms with Crippen molar-refractivity contribution in [3.63, 3.8) is 0 Å². The Kier molecular flexibility index (Phi) is 4.08. The van der Waals surface area contributed by atoms with Crippen LogP contribution in [0.1, 0.15) is 51.9 Å². The van der Waals surface area contributed by atoms with E-state index in [2.05, 4.69) is 12.2 Å². The molecule has 0 radical (unpaired) electrons. The summed E-state index contributed by atoms with van der Waals surface area (Å²) in [5, 5.41) is 3.39. The third-order valence-corrected chi connectivity index (χ3v) is 4.79. The van der Waals surface area contributed by atoms with E-state index in [0.717, 1.165) is 45.1 Å². The number of nitrogens with one attached hydrogen (secondary N) is 1. The highest BCUT2D eigenvalue weighted by Gasteiger charge is 2.43. The van der Waals surface area contributed by atoms with Gasteiger partial charge in [-0.15, -0.1) is 0 Å². The average molecular weight is 280 g/mol. The molecule has 3 rings (SSSR count). The minimum atomic E-state index is -0.307. The first kappa shape index (κ1) is 14.0. The molecular formula is C15H24N2O3. The number of rotatable bonds is 3. The van der Waals surface area contributed by atoms with Crippen LogP contribution < -0.4 is 5.32 Å². The molecule has 1 aliphatic carbocycles. The van der Waals surface area contributed by atoms with Crippen molar-refractivity contribution in [2.24, 2.45) is 0 Å². The van der Waals surface area contributed by atoms with Crippen molar-refractivity contribution in [3.05, 3.63) is 0 Å². The zero-order valence-electron chi connectivity index (χ0n) is 12.1. The number of nitrogens with zero attached hydrogens (tertiary/aromatic N) is 1. The molecule has 0 aromatic heterocycles. The monoisotopic (exact) mass is 280 g/mol. The van der Waals surface area contributed by atoms with E-state index >= 15 is 0 Å². The number of hydrogen-bond donors (Lipinski definition) is 1. The molecule has 2 amide bonds. The first-order valence-corrected chi connectivity index (χ1v) is 7.88. The van der Waals surface area contributed by atoms with Gasteiger partial charge >= 0.3 is 0 Å². The fourth-order valence-corrected chi connectivity index (χ4v) is 3.76. The molecule has 0 spiro atoms. The van der Waals surface area contributed by atoms with Crippen LogP contribution in [0.3, 0.4) is 0 Å². The third kappa shape index (κ3) is 2.74. The number of carbonyl (C=O) groups is 2. The number of amides is 2. The molecule has 20 heavy (non-hydrogen) atoms. The molecule has 2 aliphatic heterocycles. The zero-order chi connectivity index (χ0) is 14.1. The lowest BCUT2D eigenvalue weighted by molar-refractivity contribution is -0.141. The quantitative estimate of drug-likeness (QED) is 0.790. The van der Waals surface area contributed by atoms with Gasteiger partial charge in [-0.05, 0) is 32.6 Å². The first-order valence-electron chi connectivity index (χ1n) is 7.88. The fraction of sp³-hybridized carbons (Fsp3) is 0.867. The van der Waals surface area contributed by atoms with E-state index in [4.69, 9.17) is 4.74 Å². The summed E-state index contributed by atoms with van der Waals surface area (Å²) in [6.07, 6.45) is 6.65. The Morgan fingerprint density at radius 2 is 1.95 bits per heavy atom. The number of likely N-dealkylation sites (tertiary alicyclic amines) is 1. The molecular weight excluding hydrogens is 256 g/mol. The summed E-state index contributed by atoms with van der Waals surface area (Å²) in [6.45, 7) is 2.79. The molecule has 0 aromatic carbocycles. The van der Waals surface area contributed by atoms with Gasteiger partial charge < -0.3 is 10.1 Å². The molecule has 5 heteroatoms. The number of imide groups is 1. The van der Waals surface area contributed by atoms with Crippen LogP contribution in [0.2, 0.25) is 0 Å². The van der Waals surface area contributed by atoms with Crippen molar-refractivity contribution in [3.8, 4) is 0 Å². The molecule has 3 aliphatic rings. The molecule has 0 bridgehead atoms. The summed E-state index contributed by atoms with van der Waals surface area (Å²) in [6, 6.07) is 0.151. The Balaban J connectivity index is 1.60. The first-order chi connectivity index (χ1) is 9.65. The molecule has 1 saturated carbocycles. The lowest BCUT2D eigenvalue weighted by Crippen LogP contribution is -2.48. The molecule has 3 atom stereocenters. The van der Waals surface area contributed by atoms with Crippen molar-refractivity contribution in [1.29, 1.82) is 0 Å². The van der Waals surface area contributed by atoms with Crippen LogP contribution in [0.25, 0.3) is 0 Å². The molecule has 0 aromatic rings. The van der Waals surface area contributed by atoms with Crippen molar-refractivity contribution in [2.45, 2.75) is 76.1 Å². The molecule has 112 valence electrons. The van der Waals surface area contributed by atoms with E-state index in [1.807, 2.05) is 0 Å². The Labute approximate surface area is 120 Å². The minimum absolute atomic E-state index is 0.000967. The van der Waals surface area contributed by atoms with Crippen LogP contribution in [0.15, 0.2) is 0 Å². The highest BCUT2D eigenvalue weighted by molar-refractivity contribution is 6.05. The fourth-order valence-electron chi connectivity index (χ4n) is 3.76. The number of ether oxygens (including phenoxy) is 1. The smallest absolute Gasteiger partial charge is 0.247 e. The summed E-state index contributed by atoms with van der Waals surface area (Å²) >= 11 is 0. The normalized spacial score (nSPS) is 36.0. The van der Waals surface area contributed by atoms with Gasteiger partial charge in [0.1, 0.15) is 0 Å². The Morgan fingerprint density at radius 3 is 2.65 bits per heavy atom. The Morgan fingerprint density at radius 1 is 1.20 bits per heavy atom. The Hall–Kier alpha value is -0.940. The van der Waals surface area contributed by atoms with Crippen LogP contribution in [0, 0.1) is 0 Å². The van der Waals surface area contributed by atoms with E-state index in [9.17, 15) is 9.59 Å². The van der Waals surface area contributed by atoms with E-state index in [-0.39, 0.29) is 30.0 Å². The van der Waals surface area contributed by atoms with Crippen LogP contribution in [-0.4, -0.2) is 47.6 Å². The van der Waals surface area contributed by atoms with Crippen molar-refractivity contribution < 1.29 is 14.3 Å². The second kappa shape index (κ2) is 5.82. The Bertz CT molecular complexity index is 393. The lowest BCUT2D eigenvalue weighted by atomic mass is 10.0. The summed E-state index contributed by atoms with van der Waals surface area (Å²) in [5.41, 5.74) is 0. The molecule has 2 heterocycles. The molecule has 3 unspecified atom stereocenters. The number of hydrogen-bond acceptors (Lipinski definition) is 4. The zero-order valence-corrected chi connectivity index (χ0v) is 12.1. The standard InChI is InChI=1S/C15H24N2O3/c1-10-8-11(6-7-20-10)16-13-9-14(18)17(15(13)19)12-4-2-3-5-12/h10-13,16H,2-9H2,1H3.